The molecular weight excluding hydrogens is 618 g/mol. The lowest BCUT2D eigenvalue weighted by atomic mass is 10.2. The molecule has 0 bridgehead atoms. The third-order valence-electron chi connectivity index (χ3n) is 3.56. The molecule has 3 N–H and O–H groups in total. The predicted molar refractivity (Wildman–Crippen MR) is 133 cm³/mol. The van der Waals surface area contributed by atoms with Gasteiger partial charge in [0.1, 0.15) is 11.5 Å². The molecule has 0 atom stereocenters. The van der Waals surface area contributed by atoms with Crippen LogP contribution in [-0.2, 0) is 4.79 Å². The third-order valence-corrected chi connectivity index (χ3v) is 5.50. The average molecular weight is 638 g/mol. The molecule has 0 aliphatic carbocycles. The van der Waals surface area contributed by atoms with E-state index in [2.05, 4.69) is 64.0 Å². The lowest BCUT2D eigenvalue weighted by Crippen LogP contribution is -2.49. The molecule has 31 heavy (non-hydrogen) atoms. The molecule has 0 aliphatic rings. The van der Waals surface area contributed by atoms with Crippen LogP contribution in [0.5, 0.6) is 11.5 Å². The van der Waals surface area contributed by atoms with Gasteiger partial charge in [-0.3, -0.25) is 25.8 Å². The summed E-state index contributed by atoms with van der Waals surface area (Å²) in [6.45, 7) is 4.43. The Hall–Kier alpha value is -1.69. The van der Waals surface area contributed by atoms with E-state index in [1.165, 1.54) is 0 Å². The van der Waals surface area contributed by atoms with Gasteiger partial charge < -0.3 is 9.47 Å². The average Bonchev–Trinajstić information content (AvgIpc) is 2.70. The van der Waals surface area contributed by atoms with Gasteiger partial charge in [0.25, 0.3) is 11.8 Å². The zero-order valence-electron chi connectivity index (χ0n) is 16.6. The molecule has 0 aromatic heterocycles. The van der Waals surface area contributed by atoms with Crippen LogP contribution in [-0.4, -0.2) is 30.1 Å². The summed E-state index contributed by atoms with van der Waals surface area (Å²) in [4.78, 5) is 24.3. The number of nitrogens with one attached hydrogen (secondary N) is 3. The standard InChI is InChI=1S/C20H20Br3N3O4S/c1-11(2)9-29-16-5-3-12(7-14(16)22)19(28)24-20(31)26-25-18(27)10-30-17-6-4-13(21)8-15(17)23/h3-8,11H,9-10H2,1-2H3,(H,25,27)(H2,24,26,28,31). The molecule has 0 saturated carbocycles. The van der Waals surface area contributed by atoms with Crippen LogP contribution in [0.4, 0.5) is 0 Å². The number of hydrogen-bond donors (Lipinski definition) is 3. The SMILES string of the molecule is CC(C)COc1ccc(C(=O)NC(=S)NNC(=O)COc2ccc(Br)cc2Br)cc1Br. The second-order valence-corrected chi connectivity index (χ2v) is 9.70. The van der Waals surface area contributed by atoms with Crippen molar-refractivity contribution in [2.45, 2.75) is 13.8 Å². The van der Waals surface area contributed by atoms with Gasteiger partial charge in [-0.25, -0.2) is 0 Å². The Morgan fingerprint density at radius 2 is 1.61 bits per heavy atom. The number of rotatable bonds is 7. The topological polar surface area (TPSA) is 88.7 Å². The van der Waals surface area contributed by atoms with Crippen molar-refractivity contribution in [2.75, 3.05) is 13.2 Å². The van der Waals surface area contributed by atoms with Gasteiger partial charge in [-0.05, 0) is 86.4 Å². The van der Waals surface area contributed by atoms with Crippen LogP contribution in [0.3, 0.4) is 0 Å². The van der Waals surface area contributed by atoms with E-state index >= 15 is 0 Å². The monoisotopic (exact) mass is 635 g/mol. The highest BCUT2D eigenvalue weighted by molar-refractivity contribution is 9.11. The van der Waals surface area contributed by atoms with Crippen molar-refractivity contribution in [2.24, 2.45) is 5.92 Å². The van der Waals surface area contributed by atoms with Crippen molar-refractivity contribution in [3.05, 3.63) is 55.4 Å². The highest BCUT2D eigenvalue weighted by Crippen LogP contribution is 2.28. The molecule has 0 fully saturated rings. The summed E-state index contributed by atoms with van der Waals surface area (Å²) in [6.07, 6.45) is 0. The van der Waals surface area contributed by atoms with Gasteiger partial charge in [-0.15, -0.1) is 0 Å². The molecule has 0 spiro atoms. The van der Waals surface area contributed by atoms with E-state index in [0.717, 1.165) is 4.47 Å². The molecule has 0 saturated heterocycles. The first-order valence-electron chi connectivity index (χ1n) is 9.06. The first-order chi connectivity index (χ1) is 14.7. The van der Waals surface area contributed by atoms with Crippen LogP contribution in [0.15, 0.2) is 49.8 Å². The first kappa shape index (κ1) is 25.6. The molecule has 166 valence electrons. The smallest absolute Gasteiger partial charge is 0.276 e. The maximum absolute atomic E-state index is 12.4. The zero-order valence-corrected chi connectivity index (χ0v) is 22.2. The van der Waals surface area contributed by atoms with Gasteiger partial charge in [0.15, 0.2) is 11.7 Å². The van der Waals surface area contributed by atoms with Gasteiger partial charge in [0.05, 0.1) is 15.6 Å². The van der Waals surface area contributed by atoms with Gasteiger partial charge in [0, 0.05) is 10.0 Å². The highest BCUT2D eigenvalue weighted by Gasteiger charge is 2.12. The molecule has 7 nitrogen and oxygen atoms in total. The molecule has 2 rings (SSSR count). The van der Waals surface area contributed by atoms with Crippen molar-refractivity contribution >= 4 is 76.9 Å². The Labute approximate surface area is 211 Å². The molecule has 2 amide bonds. The molecule has 0 unspecified atom stereocenters. The lowest BCUT2D eigenvalue weighted by Gasteiger charge is -2.13. The number of thiocarbonyl (C=S) groups is 1. The summed E-state index contributed by atoms with van der Waals surface area (Å²) in [6, 6.07) is 10.3. The minimum Gasteiger partial charge on any atom is -0.492 e. The van der Waals surface area contributed by atoms with Crippen LogP contribution in [0.2, 0.25) is 0 Å². The summed E-state index contributed by atoms with van der Waals surface area (Å²) < 4.78 is 13.3. The Morgan fingerprint density at radius 1 is 0.968 bits per heavy atom. The summed E-state index contributed by atoms with van der Waals surface area (Å²) in [7, 11) is 0. The van der Waals surface area contributed by atoms with Crippen molar-refractivity contribution < 1.29 is 19.1 Å². The molecule has 0 aliphatic heterocycles. The van der Waals surface area contributed by atoms with Gasteiger partial charge >= 0.3 is 0 Å². The number of amides is 2. The number of benzene rings is 2. The van der Waals surface area contributed by atoms with E-state index in [0.29, 0.717) is 38.5 Å². The van der Waals surface area contributed by atoms with E-state index in [1.54, 1.807) is 36.4 Å². The van der Waals surface area contributed by atoms with Crippen LogP contribution < -0.4 is 25.6 Å². The number of carbonyl (C=O) groups is 2. The van der Waals surface area contributed by atoms with Crippen molar-refractivity contribution in [3.8, 4) is 11.5 Å². The van der Waals surface area contributed by atoms with Gasteiger partial charge in [-0.2, -0.15) is 0 Å². The Morgan fingerprint density at radius 3 is 2.26 bits per heavy atom. The van der Waals surface area contributed by atoms with E-state index in [4.69, 9.17) is 21.7 Å². The van der Waals surface area contributed by atoms with E-state index in [1.807, 2.05) is 13.8 Å². The quantitative estimate of drug-likeness (QED) is 0.301. The fraction of sp³-hybridized carbons (Fsp3) is 0.250. The molecule has 2 aromatic rings. The molecule has 0 radical (unpaired) electrons. The van der Waals surface area contributed by atoms with Gasteiger partial charge in [-0.1, -0.05) is 29.8 Å². The van der Waals surface area contributed by atoms with Crippen LogP contribution in [0, 0.1) is 5.92 Å². The van der Waals surface area contributed by atoms with Crippen molar-refractivity contribution in [3.63, 3.8) is 0 Å². The second kappa shape index (κ2) is 12.4. The van der Waals surface area contributed by atoms with Crippen LogP contribution >= 0.6 is 60.0 Å². The maximum Gasteiger partial charge on any atom is 0.276 e. The summed E-state index contributed by atoms with van der Waals surface area (Å²) in [5, 5.41) is 2.43. The van der Waals surface area contributed by atoms with E-state index < -0.39 is 11.8 Å². The predicted octanol–water partition coefficient (Wildman–Crippen LogP) is 4.72. The number of ether oxygens (including phenoxy) is 2. The van der Waals surface area contributed by atoms with Crippen LogP contribution in [0.25, 0.3) is 0 Å². The largest absolute Gasteiger partial charge is 0.492 e. The minimum absolute atomic E-state index is 0.0561. The minimum atomic E-state index is -0.471. The summed E-state index contributed by atoms with van der Waals surface area (Å²) in [5.41, 5.74) is 5.21. The first-order valence-corrected chi connectivity index (χ1v) is 11.8. The Bertz CT molecular complexity index is 973. The maximum atomic E-state index is 12.4. The Balaban J connectivity index is 1.79. The number of hydrogen-bond acceptors (Lipinski definition) is 5. The molecular formula is C20H20Br3N3O4S. The number of halogens is 3. The molecule has 2 aromatic carbocycles. The normalized spacial score (nSPS) is 10.4. The van der Waals surface area contributed by atoms with Gasteiger partial charge in [0.2, 0.25) is 0 Å². The highest BCUT2D eigenvalue weighted by atomic mass is 79.9. The lowest BCUT2D eigenvalue weighted by molar-refractivity contribution is -0.123. The summed E-state index contributed by atoms with van der Waals surface area (Å²) >= 11 is 15.1. The van der Waals surface area contributed by atoms with Crippen molar-refractivity contribution in [1.29, 1.82) is 0 Å². The summed E-state index contributed by atoms with van der Waals surface area (Å²) in [5.74, 6) is 0.644. The van der Waals surface area contributed by atoms with Crippen molar-refractivity contribution in [1.82, 2.24) is 16.2 Å². The fourth-order valence-corrected chi connectivity index (χ4v) is 3.92. The fourth-order valence-electron chi connectivity index (χ4n) is 2.12. The molecule has 11 heteroatoms. The Kier molecular flexibility index (Phi) is 10.2. The number of carbonyl (C=O) groups excluding carboxylic acids is 2. The number of hydrazine groups is 1. The molecule has 0 heterocycles. The van der Waals surface area contributed by atoms with E-state index in [-0.39, 0.29) is 11.7 Å². The third kappa shape index (κ3) is 8.76. The zero-order chi connectivity index (χ0) is 23.0. The second-order valence-electron chi connectivity index (χ2n) is 6.67. The van der Waals surface area contributed by atoms with E-state index in [9.17, 15) is 9.59 Å². The van der Waals surface area contributed by atoms with Crippen LogP contribution in [0.1, 0.15) is 24.2 Å².